The van der Waals surface area contributed by atoms with Gasteiger partial charge in [0.15, 0.2) is 0 Å². The number of nitrogens with one attached hydrogen (secondary N) is 1. The number of halogens is 1. The second kappa shape index (κ2) is 5.50. The molecule has 1 aromatic carbocycles. The Balaban J connectivity index is 1.92. The number of aromatic nitrogens is 2. The standard InChI is InChI=1S/C16H12ClN3O/c1-10-6-7-11(9-18-10)19-16(21)15-8-13(17)12-4-2-3-5-14(12)20-15/h2-9H,1H3,(H,19,21). The Kier molecular flexibility index (Phi) is 3.54. The van der Waals surface area contributed by atoms with Crippen molar-refractivity contribution in [1.82, 2.24) is 9.97 Å². The minimum atomic E-state index is -0.312. The molecule has 0 saturated heterocycles. The molecule has 2 heterocycles. The summed E-state index contributed by atoms with van der Waals surface area (Å²) < 4.78 is 0. The third-order valence-corrected chi connectivity index (χ3v) is 3.38. The largest absolute Gasteiger partial charge is 0.319 e. The second-order valence-electron chi connectivity index (χ2n) is 4.65. The van der Waals surface area contributed by atoms with E-state index in [1.54, 1.807) is 18.3 Å². The first kappa shape index (κ1) is 13.5. The summed E-state index contributed by atoms with van der Waals surface area (Å²) in [6, 6.07) is 12.6. The van der Waals surface area contributed by atoms with Crippen molar-refractivity contribution in [3.05, 3.63) is 65.1 Å². The van der Waals surface area contributed by atoms with Gasteiger partial charge in [-0.05, 0) is 31.2 Å². The van der Waals surface area contributed by atoms with Crippen LogP contribution in [0, 0.1) is 6.92 Å². The van der Waals surface area contributed by atoms with Gasteiger partial charge in [-0.3, -0.25) is 9.78 Å². The van der Waals surface area contributed by atoms with E-state index >= 15 is 0 Å². The Bertz CT molecular complexity index is 815. The first-order valence-corrected chi connectivity index (χ1v) is 6.80. The molecule has 0 fully saturated rings. The number of fused-ring (bicyclic) bond motifs is 1. The van der Waals surface area contributed by atoms with Crippen LogP contribution in [-0.2, 0) is 0 Å². The van der Waals surface area contributed by atoms with E-state index in [1.165, 1.54) is 0 Å². The summed E-state index contributed by atoms with van der Waals surface area (Å²) in [5.74, 6) is -0.312. The monoisotopic (exact) mass is 297 g/mol. The normalized spacial score (nSPS) is 10.6. The molecule has 3 aromatic rings. The summed E-state index contributed by atoms with van der Waals surface area (Å²) in [5.41, 5.74) is 2.48. The van der Waals surface area contributed by atoms with Crippen LogP contribution in [0.5, 0.6) is 0 Å². The molecule has 0 bridgehead atoms. The molecule has 0 atom stereocenters. The molecule has 0 radical (unpaired) electrons. The molecular weight excluding hydrogens is 286 g/mol. The van der Waals surface area contributed by atoms with Crippen LogP contribution >= 0.6 is 11.6 Å². The number of para-hydroxylation sites is 1. The van der Waals surface area contributed by atoms with E-state index in [2.05, 4.69) is 15.3 Å². The van der Waals surface area contributed by atoms with Crippen LogP contribution in [0.25, 0.3) is 10.9 Å². The predicted octanol–water partition coefficient (Wildman–Crippen LogP) is 3.84. The maximum absolute atomic E-state index is 12.2. The number of carbonyl (C=O) groups excluding carboxylic acids is 1. The number of pyridine rings is 2. The average Bonchev–Trinajstić information content (AvgIpc) is 2.49. The van der Waals surface area contributed by atoms with E-state index in [4.69, 9.17) is 11.6 Å². The summed E-state index contributed by atoms with van der Waals surface area (Å²) in [5, 5.41) is 4.09. The highest BCUT2D eigenvalue weighted by Gasteiger charge is 2.11. The van der Waals surface area contributed by atoms with Gasteiger partial charge in [0, 0.05) is 11.1 Å². The van der Waals surface area contributed by atoms with Crippen molar-refractivity contribution in [3.8, 4) is 0 Å². The number of anilines is 1. The van der Waals surface area contributed by atoms with E-state index in [1.807, 2.05) is 37.3 Å². The smallest absolute Gasteiger partial charge is 0.274 e. The van der Waals surface area contributed by atoms with Crippen molar-refractivity contribution < 1.29 is 4.79 Å². The Morgan fingerprint density at radius 1 is 1.19 bits per heavy atom. The highest BCUT2D eigenvalue weighted by Crippen LogP contribution is 2.23. The molecule has 0 aliphatic rings. The quantitative estimate of drug-likeness (QED) is 0.782. The first-order valence-electron chi connectivity index (χ1n) is 6.43. The Morgan fingerprint density at radius 3 is 2.76 bits per heavy atom. The van der Waals surface area contributed by atoms with Gasteiger partial charge in [-0.25, -0.2) is 4.98 Å². The SMILES string of the molecule is Cc1ccc(NC(=O)c2cc(Cl)c3ccccc3n2)cn1. The van der Waals surface area contributed by atoms with Crippen molar-refractivity contribution in [2.45, 2.75) is 6.92 Å². The van der Waals surface area contributed by atoms with Gasteiger partial charge in [-0.15, -0.1) is 0 Å². The topological polar surface area (TPSA) is 54.9 Å². The van der Waals surface area contributed by atoms with Gasteiger partial charge < -0.3 is 5.32 Å². The van der Waals surface area contributed by atoms with E-state index < -0.39 is 0 Å². The Labute approximate surface area is 126 Å². The zero-order chi connectivity index (χ0) is 14.8. The third-order valence-electron chi connectivity index (χ3n) is 3.07. The number of benzene rings is 1. The molecule has 5 heteroatoms. The number of amides is 1. The predicted molar refractivity (Wildman–Crippen MR) is 83.7 cm³/mol. The van der Waals surface area contributed by atoms with Crippen LogP contribution in [0.2, 0.25) is 5.02 Å². The average molecular weight is 298 g/mol. The lowest BCUT2D eigenvalue weighted by molar-refractivity contribution is 0.102. The second-order valence-corrected chi connectivity index (χ2v) is 5.06. The first-order chi connectivity index (χ1) is 10.1. The molecule has 2 aromatic heterocycles. The summed E-state index contributed by atoms with van der Waals surface area (Å²) in [4.78, 5) is 20.7. The number of rotatable bonds is 2. The van der Waals surface area contributed by atoms with Crippen LogP contribution in [0.15, 0.2) is 48.7 Å². The fourth-order valence-corrected chi connectivity index (χ4v) is 2.25. The fraction of sp³-hybridized carbons (Fsp3) is 0.0625. The van der Waals surface area contributed by atoms with Crippen LogP contribution in [0.4, 0.5) is 5.69 Å². The number of aryl methyl sites for hydroxylation is 1. The van der Waals surface area contributed by atoms with Gasteiger partial charge in [-0.1, -0.05) is 29.8 Å². The van der Waals surface area contributed by atoms with Crippen LogP contribution < -0.4 is 5.32 Å². The van der Waals surface area contributed by atoms with Crippen molar-refractivity contribution in [2.75, 3.05) is 5.32 Å². The highest BCUT2D eigenvalue weighted by molar-refractivity contribution is 6.35. The summed E-state index contributed by atoms with van der Waals surface area (Å²) >= 11 is 6.20. The molecule has 21 heavy (non-hydrogen) atoms. The zero-order valence-corrected chi connectivity index (χ0v) is 12.1. The van der Waals surface area contributed by atoms with Crippen LogP contribution in [0.1, 0.15) is 16.2 Å². The molecule has 3 rings (SSSR count). The van der Waals surface area contributed by atoms with Crippen LogP contribution in [0.3, 0.4) is 0 Å². The minimum absolute atomic E-state index is 0.277. The lowest BCUT2D eigenvalue weighted by Crippen LogP contribution is -2.14. The van der Waals surface area contributed by atoms with Gasteiger partial charge >= 0.3 is 0 Å². The maximum Gasteiger partial charge on any atom is 0.274 e. The zero-order valence-electron chi connectivity index (χ0n) is 11.3. The van der Waals surface area contributed by atoms with Gasteiger partial charge in [-0.2, -0.15) is 0 Å². The van der Waals surface area contributed by atoms with Crippen molar-refractivity contribution >= 4 is 34.1 Å². The van der Waals surface area contributed by atoms with E-state index in [0.717, 1.165) is 11.1 Å². The lowest BCUT2D eigenvalue weighted by atomic mass is 10.2. The van der Waals surface area contributed by atoms with E-state index in [-0.39, 0.29) is 11.6 Å². The molecule has 0 aliphatic heterocycles. The number of carbonyl (C=O) groups is 1. The fourth-order valence-electron chi connectivity index (χ4n) is 1.99. The van der Waals surface area contributed by atoms with Crippen LogP contribution in [-0.4, -0.2) is 15.9 Å². The molecule has 0 saturated carbocycles. The van der Waals surface area contributed by atoms with E-state index in [0.29, 0.717) is 16.2 Å². The third kappa shape index (κ3) is 2.85. The van der Waals surface area contributed by atoms with Gasteiger partial charge in [0.25, 0.3) is 5.91 Å². The van der Waals surface area contributed by atoms with Gasteiger partial charge in [0.1, 0.15) is 5.69 Å². The molecule has 0 aliphatic carbocycles. The number of hydrogen-bond donors (Lipinski definition) is 1. The van der Waals surface area contributed by atoms with Crippen molar-refractivity contribution in [3.63, 3.8) is 0 Å². The van der Waals surface area contributed by atoms with Gasteiger partial charge in [0.2, 0.25) is 0 Å². The molecule has 1 amide bonds. The number of hydrogen-bond acceptors (Lipinski definition) is 3. The maximum atomic E-state index is 12.2. The lowest BCUT2D eigenvalue weighted by Gasteiger charge is -2.07. The summed E-state index contributed by atoms with van der Waals surface area (Å²) in [6.45, 7) is 1.89. The highest BCUT2D eigenvalue weighted by atomic mass is 35.5. The Morgan fingerprint density at radius 2 is 2.00 bits per heavy atom. The number of nitrogens with zero attached hydrogens (tertiary/aromatic N) is 2. The molecular formula is C16H12ClN3O. The molecule has 0 spiro atoms. The summed E-state index contributed by atoms with van der Waals surface area (Å²) in [6.07, 6.45) is 1.61. The minimum Gasteiger partial charge on any atom is -0.319 e. The molecule has 1 N–H and O–H groups in total. The summed E-state index contributed by atoms with van der Waals surface area (Å²) in [7, 11) is 0. The molecule has 0 unspecified atom stereocenters. The Hall–Kier alpha value is -2.46. The molecule has 104 valence electrons. The van der Waals surface area contributed by atoms with Gasteiger partial charge in [0.05, 0.1) is 22.4 Å². The van der Waals surface area contributed by atoms with E-state index in [9.17, 15) is 4.79 Å². The van der Waals surface area contributed by atoms with Crippen molar-refractivity contribution in [1.29, 1.82) is 0 Å². The molecule has 4 nitrogen and oxygen atoms in total. The van der Waals surface area contributed by atoms with Crippen molar-refractivity contribution in [2.24, 2.45) is 0 Å².